The summed E-state index contributed by atoms with van der Waals surface area (Å²) in [4.78, 5) is 11.6. The lowest BCUT2D eigenvalue weighted by Crippen LogP contribution is -2.39. The SMILES string of the molecule is CN=C(NCCNc1ncc(Cl)cc1Cl)NCc1nc(C(F)(F)F)cs1. The third-order valence-electron chi connectivity index (χ3n) is 2.99. The molecular weight excluding hydrogens is 412 g/mol. The van der Waals surface area contributed by atoms with E-state index in [1.807, 2.05) is 0 Å². The van der Waals surface area contributed by atoms with E-state index in [2.05, 4.69) is 30.9 Å². The predicted molar refractivity (Wildman–Crippen MR) is 98.1 cm³/mol. The van der Waals surface area contributed by atoms with E-state index in [0.29, 0.717) is 39.9 Å². The van der Waals surface area contributed by atoms with Crippen LogP contribution in [0.15, 0.2) is 22.6 Å². The average molecular weight is 427 g/mol. The first-order valence-electron chi connectivity index (χ1n) is 7.30. The number of alkyl halides is 3. The molecule has 142 valence electrons. The number of nitrogens with one attached hydrogen (secondary N) is 3. The number of hydrogen-bond acceptors (Lipinski definition) is 5. The van der Waals surface area contributed by atoms with Crippen molar-refractivity contribution in [1.29, 1.82) is 0 Å². The molecule has 0 unspecified atom stereocenters. The van der Waals surface area contributed by atoms with E-state index in [0.717, 1.165) is 16.7 Å². The second-order valence-electron chi connectivity index (χ2n) is 4.89. The van der Waals surface area contributed by atoms with Crippen LogP contribution >= 0.6 is 34.5 Å². The first kappa shape index (κ1) is 20.5. The second-order valence-corrected chi connectivity index (χ2v) is 6.67. The Balaban J connectivity index is 1.75. The lowest BCUT2D eigenvalue weighted by atomic mass is 10.4. The second kappa shape index (κ2) is 9.24. The van der Waals surface area contributed by atoms with Crippen molar-refractivity contribution in [3.05, 3.63) is 38.4 Å². The van der Waals surface area contributed by atoms with E-state index in [4.69, 9.17) is 23.2 Å². The summed E-state index contributed by atoms with van der Waals surface area (Å²) in [5.41, 5.74) is -0.890. The maximum Gasteiger partial charge on any atom is 0.434 e. The summed E-state index contributed by atoms with van der Waals surface area (Å²) in [6.07, 6.45) is -2.95. The Morgan fingerprint density at radius 1 is 1.27 bits per heavy atom. The van der Waals surface area contributed by atoms with E-state index in [-0.39, 0.29) is 6.54 Å². The van der Waals surface area contributed by atoms with E-state index in [1.165, 1.54) is 6.20 Å². The van der Waals surface area contributed by atoms with Crippen LogP contribution in [0.4, 0.5) is 19.0 Å². The third kappa shape index (κ3) is 6.19. The van der Waals surface area contributed by atoms with Crippen molar-refractivity contribution in [3.8, 4) is 0 Å². The zero-order valence-electron chi connectivity index (χ0n) is 13.5. The molecule has 3 N–H and O–H groups in total. The molecule has 0 bridgehead atoms. The van der Waals surface area contributed by atoms with Gasteiger partial charge in [-0.15, -0.1) is 11.3 Å². The maximum atomic E-state index is 12.5. The highest BCUT2D eigenvalue weighted by Gasteiger charge is 2.33. The molecule has 6 nitrogen and oxygen atoms in total. The van der Waals surface area contributed by atoms with Gasteiger partial charge in [0.1, 0.15) is 10.8 Å². The van der Waals surface area contributed by atoms with Gasteiger partial charge < -0.3 is 16.0 Å². The molecule has 2 rings (SSSR count). The van der Waals surface area contributed by atoms with Crippen LogP contribution in [0.25, 0.3) is 0 Å². The number of halogens is 5. The summed E-state index contributed by atoms with van der Waals surface area (Å²) in [5, 5.41) is 11.1. The summed E-state index contributed by atoms with van der Waals surface area (Å²) in [6.45, 7) is 1.11. The molecule has 0 amide bonds. The molecule has 0 spiro atoms. The van der Waals surface area contributed by atoms with Crippen LogP contribution < -0.4 is 16.0 Å². The van der Waals surface area contributed by atoms with E-state index < -0.39 is 11.9 Å². The molecule has 0 aliphatic rings. The van der Waals surface area contributed by atoms with Crippen molar-refractivity contribution >= 4 is 46.3 Å². The summed E-state index contributed by atoms with van der Waals surface area (Å²) >= 11 is 12.7. The molecule has 2 aromatic rings. The Kier molecular flexibility index (Phi) is 7.30. The largest absolute Gasteiger partial charge is 0.434 e. The highest BCUT2D eigenvalue weighted by molar-refractivity contribution is 7.09. The lowest BCUT2D eigenvalue weighted by Gasteiger charge is -2.12. The Morgan fingerprint density at radius 3 is 2.65 bits per heavy atom. The van der Waals surface area contributed by atoms with Gasteiger partial charge in [-0.3, -0.25) is 4.99 Å². The fourth-order valence-corrected chi connectivity index (χ4v) is 3.00. The Labute approximate surface area is 161 Å². The number of guanidine groups is 1. The van der Waals surface area contributed by atoms with Crippen LogP contribution in [0.2, 0.25) is 10.0 Å². The fraction of sp³-hybridized carbons (Fsp3) is 0.357. The van der Waals surface area contributed by atoms with Crippen molar-refractivity contribution in [3.63, 3.8) is 0 Å². The molecule has 0 atom stereocenters. The van der Waals surface area contributed by atoms with Crippen molar-refractivity contribution in [1.82, 2.24) is 20.6 Å². The van der Waals surface area contributed by atoms with E-state index in [9.17, 15) is 13.2 Å². The first-order chi connectivity index (χ1) is 12.3. The highest BCUT2D eigenvalue weighted by atomic mass is 35.5. The summed E-state index contributed by atoms with van der Waals surface area (Å²) < 4.78 is 37.6. The molecule has 0 saturated heterocycles. The van der Waals surface area contributed by atoms with Crippen molar-refractivity contribution < 1.29 is 13.2 Å². The fourth-order valence-electron chi connectivity index (χ4n) is 1.81. The van der Waals surface area contributed by atoms with Crippen LogP contribution in [-0.2, 0) is 12.7 Å². The molecule has 0 radical (unpaired) electrons. The number of aromatic nitrogens is 2. The number of pyridine rings is 1. The van der Waals surface area contributed by atoms with E-state index in [1.54, 1.807) is 13.1 Å². The predicted octanol–water partition coefficient (Wildman–Crippen LogP) is 3.64. The molecular formula is C14H15Cl2F3N6S. The molecule has 0 aliphatic carbocycles. The molecule has 2 aromatic heterocycles. The minimum absolute atomic E-state index is 0.137. The zero-order chi connectivity index (χ0) is 19.2. The molecule has 2 heterocycles. The standard InChI is InChI=1S/C14H15Cl2F3N6S/c1-20-13(24-6-11-25-10(7-26-11)14(17,18)19)22-3-2-21-12-9(16)4-8(15)5-23-12/h4-5,7H,2-3,6H2,1H3,(H,21,23)(H2,20,22,24). The van der Waals surface area contributed by atoms with Crippen molar-refractivity contribution in [2.75, 3.05) is 25.5 Å². The molecule has 0 saturated carbocycles. The Hall–Kier alpha value is -1.78. The minimum atomic E-state index is -4.43. The smallest absolute Gasteiger partial charge is 0.367 e. The van der Waals surface area contributed by atoms with Crippen LogP contribution in [0.1, 0.15) is 10.7 Å². The quantitative estimate of drug-likeness (QED) is 0.373. The van der Waals surface area contributed by atoms with Gasteiger partial charge in [0, 0.05) is 31.7 Å². The van der Waals surface area contributed by atoms with Crippen molar-refractivity contribution in [2.45, 2.75) is 12.7 Å². The molecule has 0 aromatic carbocycles. The van der Waals surface area contributed by atoms with Gasteiger partial charge in [-0.05, 0) is 6.07 Å². The van der Waals surface area contributed by atoms with Crippen LogP contribution in [0.3, 0.4) is 0 Å². The van der Waals surface area contributed by atoms with Gasteiger partial charge in [0.2, 0.25) is 0 Å². The number of anilines is 1. The van der Waals surface area contributed by atoms with Gasteiger partial charge in [0.15, 0.2) is 11.7 Å². The first-order valence-corrected chi connectivity index (χ1v) is 8.94. The number of hydrogen-bond donors (Lipinski definition) is 3. The summed E-state index contributed by atoms with van der Waals surface area (Å²) in [7, 11) is 1.56. The normalized spacial score (nSPS) is 12.2. The lowest BCUT2D eigenvalue weighted by molar-refractivity contribution is -0.140. The highest BCUT2D eigenvalue weighted by Crippen LogP contribution is 2.29. The van der Waals surface area contributed by atoms with Gasteiger partial charge in [0.05, 0.1) is 16.6 Å². The number of rotatable bonds is 6. The Morgan fingerprint density at radius 2 is 2.04 bits per heavy atom. The summed E-state index contributed by atoms with van der Waals surface area (Å²) in [5.74, 6) is 0.939. The maximum absolute atomic E-state index is 12.5. The monoisotopic (exact) mass is 426 g/mol. The number of thiazole rings is 1. The average Bonchev–Trinajstić information content (AvgIpc) is 3.05. The van der Waals surface area contributed by atoms with Crippen LogP contribution in [-0.4, -0.2) is 36.1 Å². The minimum Gasteiger partial charge on any atom is -0.367 e. The Bertz CT molecular complexity index is 765. The third-order valence-corrected chi connectivity index (χ3v) is 4.33. The van der Waals surface area contributed by atoms with Crippen LogP contribution in [0.5, 0.6) is 0 Å². The van der Waals surface area contributed by atoms with E-state index >= 15 is 0 Å². The summed E-state index contributed by atoms with van der Waals surface area (Å²) in [6, 6.07) is 1.58. The van der Waals surface area contributed by atoms with Gasteiger partial charge in [-0.25, -0.2) is 9.97 Å². The van der Waals surface area contributed by atoms with Gasteiger partial charge in [-0.2, -0.15) is 13.2 Å². The van der Waals surface area contributed by atoms with Crippen molar-refractivity contribution in [2.24, 2.45) is 4.99 Å². The topological polar surface area (TPSA) is 74.2 Å². The molecule has 0 fully saturated rings. The number of nitrogens with zero attached hydrogens (tertiary/aromatic N) is 3. The molecule has 0 aliphatic heterocycles. The molecule has 12 heteroatoms. The van der Waals surface area contributed by atoms with Gasteiger partial charge in [-0.1, -0.05) is 23.2 Å². The number of aliphatic imine (C=N–C) groups is 1. The van der Waals surface area contributed by atoms with Gasteiger partial charge >= 0.3 is 6.18 Å². The zero-order valence-corrected chi connectivity index (χ0v) is 15.8. The molecule has 26 heavy (non-hydrogen) atoms. The van der Waals surface area contributed by atoms with Crippen LogP contribution in [0, 0.1) is 0 Å². The van der Waals surface area contributed by atoms with Gasteiger partial charge in [0.25, 0.3) is 0 Å².